The van der Waals surface area contributed by atoms with Gasteiger partial charge in [-0.2, -0.15) is 0 Å². The van der Waals surface area contributed by atoms with Crippen LogP contribution in [0.3, 0.4) is 0 Å². The molecule has 0 atom stereocenters. The summed E-state index contributed by atoms with van der Waals surface area (Å²) in [5.74, 6) is 1.21. The van der Waals surface area contributed by atoms with Crippen LogP contribution in [0.25, 0.3) is 0 Å². The summed E-state index contributed by atoms with van der Waals surface area (Å²) >= 11 is 2.03. The highest BCUT2D eigenvalue weighted by Gasteiger charge is 2.19. The molecule has 3 aromatic rings. The van der Waals surface area contributed by atoms with Gasteiger partial charge in [-0.25, -0.2) is 0 Å². The minimum absolute atomic E-state index is 0.515. The van der Waals surface area contributed by atoms with Gasteiger partial charge in [-0.3, -0.25) is 0 Å². The van der Waals surface area contributed by atoms with E-state index < -0.39 is 7.92 Å². The highest BCUT2D eigenvalue weighted by Crippen LogP contribution is 2.36. The lowest BCUT2D eigenvalue weighted by atomic mass is 10.2. The van der Waals surface area contributed by atoms with E-state index in [0.717, 1.165) is 0 Å². The Balaban J connectivity index is 1.90. The predicted octanol–water partition coefficient (Wildman–Crippen LogP) is 6.12. The number of rotatable bonds is 9. The minimum atomic E-state index is -0.515. The van der Waals surface area contributed by atoms with Crippen LogP contribution in [0, 0.1) is 0 Å². The molecule has 0 aliphatic rings. The second kappa shape index (κ2) is 10.6. The number of hydrogen-bond acceptors (Lipinski definition) is 1. The van der Waals surface area contributed by atoms with Gasteiger partial charge in [0, 0.05) is 4.90 Å². The molecule has 3 rings (SSSR count). The van der Waals surface area contributed by atoms with E-state index in [4.69, 9.17) is 0 Å². The van der Waals surface area contributed by atoms with Crippen LogP contribution in [-0.4, -0.2) is 5.75 Å². The van der Waals surface area contributed by atoms with E-state index in [0.29, 0.717) is 0 Å². The van der Waals surface area contributed by atoms with Gasteiger partial charge in [-0.15, -0.1) is 11.8 Å². The third-order valence-corrected chi connectivity index (χ3v) is 8.20. The van der Waals surface area contributed by atoms with Crippen LogP contribution in [0.15, 0.2) is 89.8 Å². The molecule has 0 unspecified atom stereocenters. The molecule has 3 aromatic carbocycles. The van der Waals surface area contributed by atoms with E-state index in [2.05, 4.69) is 91.9 Å². The maximum absolute atomic E-state index is 2.33. The Morgan fingerprint density at radius 3 is 1.85 bits per heavy atom. The second-order valence-electron chi connectivity index (χ2n) is 6.38. The summed E-state index contributed by atoms with van der Waals surface area (Å²) in [6.07, 6.45) is 5.30. The third-order valence-electron chi connectivity index (χ3n) is 4.39. The lowest BCUT2D eigenvalue weighted by molar-refractivity contribution is 0.706. The fraction of sp³-hybridized carbons (Fsp3) is 0.250. The van der Waals surface area contributed by atoms with Gasteiger partial charge in [-0.05, 0) is 42.1 Å². The third kappa shape index (κ3) is 5.22. The summed E-state index contributed by atoms with van der Waals surface area (Å²) in [5.41, 5.74) is 0. The Morgan fingerprint density at radius 2 is 1.23 bits per heavy atom. The fourth-order valence-corrected chi connectivity index (χ4v) is 6.81. The van der Waals surface area contributed by atoms with Gasteiger partial charge < -0.3 is 0 Å². The van der Waals surface area contributed by atoms with E-state index in [1.54, 1.807) is 0 Å². The van der Waals surface area contributed by atoms with Crippen molar-refractivity contribution in [3.8, 4) is 0 Å². The normalized spacial score (nSPS) is 11.0. The average Bonchev–Trinajstić information content (AvgIpc) is 2.71. The van der Waals surface area contributed by atoms with Gasteiger partial charge in [0.15, 0.2) is 0 Å². The van der Waals surface area contributed by atoms with E-state index in [9.17, 15) is 0 Å². The molecule has 0 bridgehead atoms. The number of hydrogen-bond donors (Lipinski definition) is 0. The van der Waals surface area contributed by atoms with Crippen LogP contribution in [0.2, 0.25) is 0 Å². The van der Waals surface area contributed by atoms with Gasteiger partial charge in [0.05, 0.1) is 0 Å². The molecule has 0 heterocycles. The Morgan fingerprint density at radius 1 is 0.654 bits per heavy atom. The molecule has 0 aromatic heterocycles. The van der Waals surface area contributed by atoms with Crippen molar-refractivity contribution in [3.63, 3.8) is 0 Å². The zero-order valence-electron chi connectivity index (χ0n) is 15.5. The molecule has 0 saturated carbocycles. The van der Waals surface area contributed by atoms with Crippen molar-refractivity contribution >= 4 is 35.6 Å². The smallest absolute Gasteiger partial charge is 0.0155 e. The fourth-order valence-electron chi connectivity index (χ4n) is 3.06. The highest BCUT2D eigenvalue weighted by molar-refractivity contribution is 8.00. The zero-order chi connectivity index (χ0) is 18.0. The first-order valence-corrected chi connectivity index (χ1v) is 11.8. The monoisotopic (exact) mass is 378 g/mol. The van der Waals surface area contributed by atoms with Crippen LogP contribution in [0.4, 0.5) is 0 Å². The van der Waals surface area contributed by atoms with Crippen molar-refractivity contribution in [2.24, 2.45) is 0 Å². The maximum Gasteiger partial charge on any atom is 0.0155 e. The summed E-state index contributed by atoms with van der Waals surface area (Å²) in [4.78, 5) is 1.45. The first-order chi connectivity index (χ1) is 12.9. The lowest BCUT2D eigenvalue weighted by Gasteiger charge is -2.22. The molecule has 0 saturated heterocycles. The van der Waals surface area contributed by atoms with Crippen molar-refractivity contribution in [1.29, 1.82) is 0 Å². The topological polar surface area (TPSA) is 0 Å². The molecule has 0 spiro atoms. The number of thioether (sulfide) groups is 1. The van der Waals surface area contributed by atoms with Crippen molar-refractivity contribution in [1.82, 2.24) is 0 Å². The lowest BCUT2D eigenvalue weighted by Crippen LogP contribution is -2.21. The van der Waals surface area contributed by atoms with Crippen molar-refractivity contribution in [2.75, 3.05) is 5.75 Å². The van der Waals surface area contributed by atoms with E-state index in [1.807, 2.05) is 11.8 Å². The standard InChI is InChI=1S/C24H27PS/c1-2-3-4-13-20-26-24-19-12-11-18-23(24)25(21-14-7-5-8-15-21)22-16-9-6-10-17-22/h5-12,14-19H,2-4,13,20H2,1H3. The first-order valence-electron chi connectivity index (χ1n) is 9.52. The first kappa shape index (κ1) is 19.2. The molecule has 134 valence electrons. The molecule has 0 radical (unpaired) electrons. The summed E-state index contributed by atoms with van der Waals surface area (Å²) in [6.45, 7) is 2.27. The van der Waals surface area contributed by atoms with Gasteiger partial charge in [-0.1, -0.05) is 105 Å². The summed E-state index contributed by atoms with van der Waals surface area (Å²) in [5, 5.41) is 4.33. The predicted molar refractivity (Wildman–Crippen MR) is 120 cm³/mol. The molecule has 0 aliphatic carbocycles. The Hall–Kier alpha value is -1.56. The SMILES string of the molecule is CCCCCCSc1ccccc1P(c1ccccc1)c1ccccc1. The Bertz CT molecular complexity index is 731. The van der Waals surface area contributed by atoms with E-state index >= 15 is 0 Å². The van der Waals surface area contributed by atoms with Crippen LogP contribution < -0.4 is 15.9 Å². The van der Waals surface area contributed by atoms with Crippen LogP contribution in [-0.2, 0) is 0 Å². The van der Waals surface area contributed by atoms with E-state index in [1.165, 1.54) is 52.2 Å². The second-order valence-corrected chi connectivity index (χ2v) is 9.71. The quantitative estimate of drug-likeness (QED) is 0.246. The molecule has 0 nitrogen and oxygen atoms in total. The molecule has 26 heavy (non-hydrogen) atoms. The van der Waals surface area contributed by atoms with Gasteiger partial charge in [0.2, 0.25) is 0 Å². The number of benzene rings is 3. The maximum atomic E-state index is 2.33. The Kier molecular flexibility index (Phi) is 7.80. The average molecular weight is 379 g/mol. The molecular weight excluding hydrogens is 351 g/mol. The number of unbranched alkanes of at least 4 members (excludes halogenated alkanes) is 3. The Labute approximate surface area is 163 Å². The molecule has 2 heteroatoms. The van der Waals surface area contributed by atoms with Crippen LogP contribution in [0.1, 0.15) is 32.6 Å². The summed E-state index contributed by atoms with van der Waals surface area (Å²) in [7, 11) is -0.515. The molecule has 0 aliphatic heterocycles. The molecule has 0 N–H and O–H groups in total. The van der Waals surface area contributed by atoms with Crippen molar-refractivity contribution < 1.29 is 0 Å². The highest BCUT2D eigenvalue weighted by atomic mass is 32.2. The van der Waals surface area contributed by atoms with Crippen molar-refractivity contribution in [3.05, 3.63) is 84.9 Å². The molecule has 0 fully saturated rings. The van der Waals surface area contributed by atoms with Gasteiger partial charge in [0.1, 0.15) is 0 Å². The zero-order valence-corrected chi connectivity index (χ0v) is 17.2. The molecule has 0 amide bonds. The summed E-state index contributed by atoms with van der Waals surface area (Å²) < 4.78 is 0. The summed E-state index contributed by atoms with van der Waals surface area (Å²) in [6, 6.07) is 31.0. The van der Waals surface area contributed by atoms with Gasteiger partial charge >= 0.3 is 0 Å². The largest absolute Gasteiger partial charge is 0.125 e. The van der Waals surface area contributed by atoms with Crippen molar-refractivity contribution in [2.45, 2.75) is 37.5 Å². The molecular formula is C24H27PS. The minimum Gasteiger partial charge on any atom is -0.125 e. The van der Waals surface area contributed by atoms with Gasteiger partial charge in [0.25, 0.3) is 0 Å². The van der Waals surface area contributed by atoms with Crippen LogP contribution in [0.5, 0.6) is 0 Å². The van der Waals surface area contributed by atoms with E-state index in [-0.39, 0.29) is 0 Å². The van der Waals surface area contributed by atoms with Crippen LogP contribution >= 0.6 is 19.7 Å².